The third-order valence-corrected chi connectivity index (χ3v) is 7.49. The molecule has 32 heavy (non-hydrogen) atoms. The predicted molar refractivity (Wildman–Crippen MR) is 136 cm³/mol. The molecule has 4 heteroatoms. The van der Waals surface area contributed by atoms with E-state index in [1.54, 1.807) is 0 Å². The fourth-order valence-electron chi connectivity index (χ4n) is 4.52. The van der Waals surface area contributed by atoms with Gasteiger partial charge < -0.3 is 13.9 Å². The van der Waals surface area contributed by atoms with Gasteiger partial charge in [0.2, 0.25) is 0 Å². The third-order valence-electron chi connectivity index (χ3n) is 6.77. The van der Waals surface area contributed by atoms with E-state index in [1.807, 2.05) is 18.2 Å². The van der Waals surface area contributed by atoms with Crippen molar-refractivity contribution in [1.29, 1.82) is 0 Å². The summed E-state index contributed by atoms with van der Waals surface area (Å²) in [6.07, 6.45) is 15.7. The monoisotopic (exact) mass is 456 g/mol. The molecule has 0 aliphatic carbocycles. The summed E-state index contributed by atoms with van der Waals surface area (Å²) in [7, 11) is -2.00. The third kappa shape index (κ3) is 7.22. The van der Waals surface area contributed by atoms with Gasteiger partial charge in [0, 0.05) is 5.41 Å². The van der Waals surface area contributed by atoms with Gasteiger partial charge in [0.25, 0.3) is 0 Å². The Morgan fingerprint density at radius 1 is 0.719 bits per heavy atom. The smallest absolute Gasteiger partial charge is 0.418 e. The van der Waals surface area contributed by atoms with E-state index in [9.17, 15) is 4.89 Å². The van der Waals surface area contributed by atoms with Crippen LogP contribution in [-0.4, -0.2) is 4.89 Å². The normalized spacial score (nSPS) is 16.8. The van der Waals surface area contributed by atoms with Crippen molar-refractivity contribution in [3.05, 3.63) is 59.2 Å². The Morgan fingerprint density at radius 3 is 1.91 bits per heavy atom. The van der Waals surface area contributed by atoms with Crippen LogP contribution in [0.3, 0.4) is 0 Å². The van der Waals surface area contributed by atoms with E-state index >= 15 is 0 Å². The fraction of sp³-hybridized carbons (Fsp3) is 0.571. The minimum atomic E-state index is -2.00. The summed E-state index contributed by atoms with van der Waals surface area (Å²) in [5, 5.41) is 0. The highest BCUT2D eigenvalue weighted by Gasteiger charge is 2.26. The van der Waals surface area contributed by atoms with Crippen molar-refractivity contribution in [1.82, 2.24) is 0 Å². The molecule has 4 aliphatic rings. The summed E-state index contributed by atoms with van der Waals surface area (Å²) >= 11 is 0. The zero-order valence-electron chi connectivity index (χ0n) is 20.2. The van der Waals surface area contributed by atoms with Crippen LogP contribution in [-0.2, 0) is 11.8 Å². The highest BCUT2D eigenvalue weighted by Crippen LogP contribution is 2.42. The van der Waals surface area contributed by atoms with E-state index in [0.717, 1.165) is 18.6 Å². The molecule has 6 rings (SSSR count). The molecule has 0 fully saturated rings. The molecular weight excluding hydrogens is 415 g/mol. The van der Waals surface area contributed by atoms with Gasteiger partial charge in [0.1, 0.15) is 11.5 Å². The van der Waals surface area contributed by atoms with Crippen molar-refractivity contribution in [2.24, 2.45) is 0 Å². The van der Waals surface area contributed by atoms with Gasteiger partial charge in [-0.05, 0) is 47.7 Å². The minimum absolute atomic E-state index is 0.105. The summed E-state index contributed by atoms with van der Waals surface area (Å²) in [5.74, 6) is 1.39. The molecule has 0 spiro atoms. The first-order valence-electron chi connectivity index (χ1n) is 12.6. The molecule has 2 aromatic rings. The molecule has 176 valence electrons. The van der Waals surface area contributed by atoms with Crippen molar-refractivity contribution < 1.29 is 13.9 Å². The van der Waals surface area contributed by atoms with Gasteiger partial charge >= 0.3 is 8.60 Å². The number of benzene rings is 2. The lowest BCUT2D eigenvalue weighted by Crippen LogP contribution is -2.19. The van der Waals surface area contributed by atoms with Crippen LogP contribution in [0.2, 0.25) is 0 Å². The number of rotatable bonds is 12. The van der Waals surface area contributed by atoms with Gasteiger partial charge in [0.05, 0.1) is 0 Å². The average molecular weight is 457 g/mol. The van der Waals surface area contributed by atoms with Crippen LogP contribution < -0.4 is 9.05 Å². The van der Waals surface area contributed by atoms with Gasteiger partial charge in [-0.1, -0.05) is 109 Å². The molecule has 4 aliphatic heterocycles. The Hall–Kier alpha value is -1.57. The summed E-state index contributed by atoms with van der Waals surface area (Å²) in [6, 6.07) is 14.4. The van der Waals surface area contributed by atoms with Crippen LogP contribution in [0, 0.1) is 0 Å². The topological polar surface area (TPSA) is 38.7 Å². The maximum atomic E-state index is 10.3. The largest absolute Gasteiger partial charge is 0.460 e. The molecule has 1 unspecified atom stereocenters. The van der Waals surface area contributed by atoms with Gasteiger partial charge in [-0.25, -0.2) is 0 Å². The average Bonchev–Trinajstić information content (AvgIpc) is 2.78. The van der Waals surface area contributed by atoms with Crippen LogP contribution >= 0.6 is 8.60 Å². The molecule has 4 bridgehead atoms. The van der Waals surface area contributed by atoms with E-state index in [1.165, 1.54) is 80.9 Å². The summed E-state index contributed by atoms with van der Waals surface area (Å²) in [5.41, 5.74) is 3.58. The quantitative estimate of drug-likeness (QED) is 0.256. The second-order valence-corrected chi connectivity index (χ2v) is 10.5. The molecule has 0 radical (unpaired) electrons. The van der Waals surface area contributed by atoms with Crippen molar-refractivity contribution in [3.63, 3.8) is 0 Å². The second kappa shape index (κ2) is 12.6. The Labute approximate surface area is 196 Å². The molecule has 1 atom stereocenters. The van der Waals surface area contributed by atoms with E-state index in [4.69, 9.17) is 9.05 Å². The first-order chi connectivity index (χ1) is 15.5. The van der Waals surface area contributed by atoms with Crippen LogP contribution in [0.1, 0.15) is 108 Å². The Morgan fingerprint density at radius 2 is 1.28 bits per heavy atom. The van der Waals surface area contributed by atoms with Crippen molar-refractivity contribution in [3.8, 4) is 11.5 Å². The fourth-order valence-corrected chi connectivity index (χ4v) is 5.21. The first kappa shape index (κ1) is 25.1. The van der Waals surface area contributed by atoms with Gasteiger partial charge in [-0.2, -0.15) is 0 Å². The number of aryl methyl sites for hydroxylation is 1. The Kier molecular flexibility index (Phi) is 9.88. The predicted octanol–water partition coefficient (Wildman–Crippen LogP) is 8.86. The number of hydrogen-bond donors (Lipinski definition) is 1. The highest BCUT2D eigenvalue weighted by atomic mass is 31.2. The van der Waals surface area contributed by atoms with E-state index in [2.05, 4.69) is 45.0 Å². The van der Waals surface area contributed by atoms with Gasteiger partial charge in [-0.15, -0.1) is 0 Å². The maximum Gasteiger partial charge on any atom is 0.460 e. The van der Waals surface area contributed by atoms with Crippen molar-refractivity contribution in [2.75, 3.05) is 0 Å². The van der Waals surface area contributed by atoms with E-state index in [0.29, 0.717) is 5.75 Å². The molecule has 0 amide bonds. The zero-order valence-corrected chi connectivity index (χ0v) is 21.1. The number of unbranched alkanes of at least 4 members (excludes halogenated alkanes) is 10. The standard InChI is InChI=1S/C28H41O3P/c1-4-5-6-7-8-9-10-11-12-13-14-15-23-22-25-18-21-27(23)31-32(29)30-26-19-16-24(17-20-26)28(25,2)3/h16-22,29H,4-15H2,1-3H3. The molecule has 0 aromatic heterocycles. The van der Waals surface area contributed by atoms with Gasteiger partial charge in [-0.3, -0.25) is 0 Å². The lowest BCUT2D eigenvalue weighted by molar-refractivity contribution is 0.379. The second-order valence-electron chi connectivity index (χ2n) is 9.68. The molecule has 3 nitrogen and oxygen atoms in total. The highest BCUT2D eigenvalue weighted by molar-refractivity contribution is 7.41. The van der Waals surface area contributed by atoms with Crippen molar-refractivity contribution in [2.45, 2.75) is 103 Å². The lowest BCUT2D eigenvalue weighted by atomic mass is 9.77. The molecular formula is C28H41O3P. The molecule has 0 saturated carbocycles. The van der Waals surface area contributed by atoms with Crippen LogP contribution in [0.25, 0.3) is 0 Å². The Bertz CT molecular complexity index is 816. The van der Waals surface area contributed by atoms with Gasteiger partial charge in [0.15, 0.2) is 0 Å². The molecule has 0 saturated heterocycles. The molecule has 4 heterocycles. The van der Waals surface area contributed by atoms with Crippen LogP contribution in [0.5, 0.6) is 11.5 Å². The summed E-state index contributed by atoms with van der Waals surface area (Å²) in [6.45, 7) is 6.79. The maximum absolute atomic E-state index is 10.3. The Balaban J connectivity index is 1.54. The summed E-state index contributed by atoms with van der Waals surface area (Å²) < 4.78 is 11.5. The van der Waals surface area contributed by atoms with Crippen molar-refractivity contribution >= 4 is 8.60 Å². The lowest BCUT2D eigenvalue weighted by Gasteiger charge is -2.28. The van der Waals surface area contributed by atoms with E-state index in [-0.39, 0.29) is 5.41 Å². The number of hydrogen-bond acceptors (Lipinski definition) is 3. The minimum Gasteiger partial charge on any atom is -0.418 e. The van der Waals surface area contributed by atoms with Crippen LogP contribution in [0.15, 0.2) is 42.5 Å². The molecule has 1 N–H and O–H groups in total. The first-order valence-corrected chi connectivity index (χ1v) is 13.7. The van der Waals surface area contributed by atoms with Crippen LogP contribution in [0.4, 0.5) is 0 Å². The summed E-state index contributed by atoms with van der Waals surface area (Å²) in [4.78, 5) is 10.3. The zero-order chi connectivity index (χ0) is 22.8. The SMILES string of the molecule is CCCCCCCCCCCCCc1cc2ccc1OP(O)Oc1ccc(cc1)C2(C)C. The molecule has 2 aromatic carbocycles. The van der Waals surface area contributed by atoms with E-state index < -0.39 is 8.60 Å².